The molecule has 2 nitrogen and oxygen atoms in total. The first-order chi connectivity index (χ1) is 33.8. The predicted octanol–water partition coefficient (Wildman–Crippen LogP) is 16.8. The summed E-state index contributed by atoms with van der Waals surface area (Å²) in [6.07, 6.45) is 0. The number of rotatable bonds is 2. The van der Waals surface area contributed by atoms with Gasteiger partial charge in [-0.15, -0.1) is 0 Å². The minimum atomic E-state index is -0.559. The lowest BCUT2D eigenvalue weighted by Crippen LogP contribution is -2.26. The van der Waals surface area contributed by atoms with E-state index in [1.165, 1.54) is 144 Å². The molecule has 324 valence electrons. The highest BCUT2D eigenvalue weighted by Gasteiger charge is 2.52. The summed E-state index contributed by atoms with van der Waals surface area (Å²) in [5.74, 6) is 0. The van der Waals surface area contributed by atoms with E-state index < -0.39 is 5.41 Å². The molecule has 0 aliphatic heterocycles. The lowest BCUT2D eigenvalue weighted by molar-refractivity contribution is 0.663. The Balaban J connectivity index is 1.00. The molecular weight excluding hydrogens is 833 g/mol. The van der Waals surface area contributed by atoms with Gasteiger partial charge in [-0.25, -0.2) is 0 Å². The van der Waals surface area contributed by atoms with E-state index in [1.807, 2.05) is 0 Å². The standard InChI is InChI=1S/C67H46N2/c1-65(2)53-23-11-5-19-43(53)49-33-35-51-47-21-9-15-27-59(47)68(63(51)61(49)65)39-29-31-45-46-32-30-40(38-58(46)67(57(45)37-39)55-25-13-7-17-41(55)42-18-8-14-26-56(42)67)69-60-28-16-10-22-48(60)52-36-34-50-44-20-6-12-24-54(44)66(3,4)62(50)64(52)69/h5-38H,1-4H3. The molecule has 0 saturated heterocycles. The van der Waals surface area contributed by atoms with Gasteiger partial charge >= 0.3 is 0 Å². The Bertz CT molecular complexity index is 4040. The van der Waals surface area contributed by atoms with E-state index in [2.05, 4.69) is 243 Å². The van der Waals surface area contributed by atoms with Gasteiger partial charge in [-0.2, -0.15) is 0 Å². The number of para-hydroxylation sites is 2. The topological polar surface area (TPSA) is 9.86 Å². The van der Waals surface area contributed by atoms with Crippen molar-refractivity contribution in [2.75, 3.05) is 0 Å². The summed E-state index contributed by atoms with van der Waals surface area (Å²) in [6, 6.07) is 79.0. The van der Waals surface area contributed by atoms with Crippen LogP contribution in [-0.2, 0) is 16.2 Å². The Morgan fingerprint density at radius 2 is 0.609 bits per heavy atom. The first-order valence-electron chi connectivity index (χ1n) is 24.6. The Labute approximate surface area is 401 Å². The second-order valence-electron chi connectivity index (χ2n) is 21.1. The largest absolute Gasteiger partial charge is 0.309 e. The van der Waals surface area contributed by atoms with Crippen molar-refractivity contribution in [3.05, 3.63) is 251 Å². The summed E-state index contributed by atoms with van der Waals surface area (Å²) in [4.78, 5) is 0. The van der Waals surface area contributed by atoms with Crippen LogP contribution < -0.4 is 0 Å². The fourth-order valence-corrected chi connectivity index (χ4v) is 14.6. The molecule has 0 amide bonds. The number of nitrogens with zero attached hydrogens (tertiary/aromatic N) is 2. The molecule has 4 aliphatic rings. The minimum Gasteiger partial charge on any atom is -0.309 e. The summed E-state index contributed by atoms with van der Waals surface area (Å²) < 4.78 is 5.20. The molecule has 0 atom stereocenters. The second-order valence-corrected chi connectivity index (χ2v) is 21.1. The normalized spacial score (nSPS) is 15.6. The van der Waals surface area contributed by atoms with Gasteiger partial charge < -0.3 is 9.13 Å². The molecule has 0 N–H and O–H groups in total. The van der Waals surface area contributed by atoms with E-state index in [0.717, 1.165) is 0 Å². The number of hydrogen-bond donors (Lipinski definition) is 0. The molecule has 16 rings (SSSR count). The van der Waals surface area contributed by atoms with Gasteiger partial charge in [-0.3, -0.25) is 0 Å². The molecule has 0 bridgehead atoms. The first kappa shape index (κ1) is 37.8. The average Bonchev–Trinajstić information content (AvgIpc) is 4.18. The van der Waals surface area contributed by atoms with Crippen LogP contribution in [0.4, 0.5) is 0 Å². The Morgan fingerprint density at radius 1 is 0.275 bits per heavy atom. The van der Waals surface area contributed by atoms with E-state index in [1.54, 1.807) is 0 Å². The smallest absolute Gasteiger partial charge is 0.0727 e. The average molecular weight is 879 g/mol. The van der Waals surface area contributed by atoms with Crippen LogP contribution in [0.5, 0.6) is 0 Å². The zero-order valence-electron chi connectivity index (χ0n) is 39.0. The summed E-state index contributed by atoms with van der Waals surface area (Å²) >= 11 is 0. The highest BCUT2D eigenvalue weighted by atomic mass is 15.0. The quantitative estimate of drug-likeness (QED) is 0.164. The van der Waals surface area contributed by atoms with Crippen LogP contribution in [-0.4, -0.2) is 9.13 Å². The van der Waals surface area contributed by atoms with Crippen LogP contribution in [0, 0.1) is 0 Å². The highest BCUT2D eigenvalue weighted by Crippen LogP contribution is 2.64. The van der Waals surface area contributed by atoms with Gasteiger partial charge in [-0.05, 0) is 125 Å². The molecule has 4 aliphatic carbocycles. The lowest BCUT2D eigenvalue weighted by Gasteiger charge is -2.31. The van der Waals surface area contributed by atoms with E-state index >= 15 is 0 Å². The SMILES string of the molecule is CC1(C)c2ccccc2-c2ccc3c4ccccc4n(-c4ccc5c(c4)C4(c6ccccc6-c6ccccc64)c4cc(-n6c7ccccc7c7ccc8c(c76)C(C)(C)c6ccccc6-8)ccc4-5)c3c21. The third kappa shape index (κ3) is 4.37. The van der Waals surface area contributed by atoms with Crippen molar-refractivity contribution in [1.29, 1.82) is 0 Å². The molecule has 12 aromatic rings. The van der Waals surface area contributed by atoms with Crippen LogP contribution in [0.1, 0.15) is 72.2 Å². The Kier molecular flexibility index (Phi) is 6.94. The fourth-order valence-electron chi connectivity index (χ4n) is 14.6. The summed E-state index contributed by atoms with van der Waals surface area (Å²) in [6.45, 7) is 9.68. The summed E-state index contributed by atoms with van der Waals surface area (Å²) in [5, 5.41) is 5.17. The molecular formula is C67H46N2. The van der Waals surface area contributed by atoms with Crippen molar-refractivity contribution < 1.29 is 0 Å². The maximum atomic E-state index is 2.60. The minimum absolute atomic E-state index is 0.184. The van der Waals surface area contributed by atoms with E-state index in [-0.39, 0.29) is 10.8 Å². The number of hydrogen-bond acceptors (Lipinski definition) is 0. The fraction of sp³-hybridized carbons (Fsp3) is 0.104. The van der Waals surface area contributed by atoms with Gasteiger partial charge in [0, 0.05) is 43.7 Å². The van der Waals surface area contributed by atoms with Gasteiger partial charge in [0.25, 0.3) is 0 Å². The maximum Gasteiger partial charge on any atom is 0.0727 e. The Morgan fingerprint density at radius 3 is 1.04 bits per heavy atom. The molecule has 1 spiro atoms. The zero-order chi connectivity index (χ0) is 45.7. The molecule has 0 fully saturated rings. The van der Waals surface area contributed by atoms with Gasteiger partial charge in [-0.1, -0.05) is 198 Å². The molecule has 2 aromatic heterocycles. The molecule has 2 heterocycles. The van der Waals surface area contributed by atoms with Gasteiger partial charge in [0.1, 0.15) is 0 Å². The van der Waals surface area contributed by atoms with Crippen LogP contribution in [0.15, 0.2) is 206 Å². The lowest BCUT2D eigenvalue weighted by atomic mass is 9.70. The van der Waals surface area contributed by atoms with Crippen LogP contribution in [0.3, 0.4) is 0 Å². The van der Waals surface area contributed by atoms with Gasteiger partial charge in [0.15, 0.2) is 0 Å². The summed E-state index contributed by atoms with van der Waals surface area (Å²) in [5.41, 5.74) is 28.1. The van der Waals surface area contributed by atoms with E-state index in [0.29, 0.717) is 0 Å². The van der Waals surface area contributed by atoms with Crippen molar-refractivity contribution in [3.63, 3.8) is 0 Å². The van der Waals surface area contributed by atoms with Gasteiger partial charge in [0.2, 0.25) is 0 Å². The zero-order valence-corrected chi connectivity index (χ0v) is 39.0. The molecule has 2 heteroatoms. The molecule has 0 radical (unpaired) electrons. The molecule has 10 aromatic carbocycles. The number of benzene rings is 10. The Hall–Kier alpha value is -8.20. The van der Waals surface area contributed by atoms with Crippen molar-refractivity contribution >= 4 is 43.6 Å². The van der Waals surface area contributed by atoms with Crippen LogP contribution in [0.2, 0.25) is 0 Å². The van der Waals surface area contributed by atoms with Gasteiger partial charge in [0.05, 0.1) is 27.5 Å². The first-order valence-corrected chi connectivity index (χ1v) is 24.6. The highest BCUT2D eigenvalue weighted by molar-refractivity contribution is 6.15. The second kappa shape index (κ2) is 12.7. The monoisotopic (exact) mass is 878 g/mol. The molecule has 0 saturated carbocycles. The van der Waals surface area contributed by atoms with Crippen molar-refractivity contribution in [3.8, 4) is 55.9 Å². The third-order valence-corrected chi connectivity index (χ3v) is 17.3. The maximum absolute atomic E-state index is 2.60. The van der Waals surface area contributed by atoms with Crippen molar-refractivity contribution in [1.82, 2.24) is 9.13 Å². The number of aromatic nitrogens is 2. The van der Waals surface area contributed by atoms with Crippen LogP contribution in [0.25, 0.3) is 99.5 Å². The third-order valence-electron chi connectivity index (χ3n) is 17.3. The number of fused-ring (bicyclic) bond motifs is 24. The van der Waals surface area contributed by atoms with Crippen molar-refractivity contribution in [2.45, 2.75) is 43.9 Å². The summed E-state index contributed by atoms with van der Waals surface area (Å²) in [7, 11) is 0. The van der Waals surface area contributed by atoms with Crippen molar-refractivity contribution in [2.24, 2.45) is 0 Å². The van der Waals surface area contributed by atoms with E-state index in [9.17, 15) is 0 Å². The molecule has 69 heavy (non-hydrogen) atoms. The van der Waals surface area contributed by atoms with E-state index in [4.69, 9.17) is 0 Å². The van der Waals surface area contributed by atoms with Crippen LogP contribution >= 0.6 is 0 Å². The predicted molar refractivity (Wildman–Crippen MR) is 287 cm³/mol. The molecule has 0 unspecified atom stereocenters.